The molecule has 26 unspecified atom stereocenters. The number of aliphatic hydroxyl groups excluding tert-OH is 11. The van der Waals surface area contributed by atoms with Crippen molar-refractivity contribution < 1.29 is 114 Å². The number of carbonyl (C=O) groups is 3. The Morgan fingerprint density at radius 2 is 1.26 bits per heavy atom. The van der Waals surface area contributed by atoms with Crippen LogP contribution in [-0.4, -0.2) is 216 Å². The summed E-state index contributed by atoms with van der Waals surface area (Å²) in [7, 11) is 0. The fraction of sp³-hybridized carbons (Fsp3) is 0.870. The quantitative estimate of drug-likeness (QED) is 0.0470. The zero-order valence-electron chi connectivity index (χ0n) is 45.6. The van der Waals surface area contributed by atoms with Crippen molar-refractivity contribution in [3.63, 3.8) is 0 Å². The van der Waals surface area contributed by atoms with Crippen molar-refractivity contribution in [2.75, 3.05) is 19.8 Å². The van der Waals surface area contributed by atoms with E-state index in [-0.39, 0.29) is 11.8 Å². The van der Waals surface area contributed by atoms with Crippen LogP contribution in [0.3, 0.4) is 0 Å². The minimum Gasteiger partial charge on any atom is -0.479 e. The van der Waals surface area contributed by atoms with Crippen LogP contribution in [0.4, 0.5) is 0 Å². The number of ether oxygens (including phenoxy) is 8. The van der Waals surface area contributed by atoms with Gasteiger partial charge in [-0.2, -0.15) is 0 Å². The highest BCUT2D eigenvalue weighted by molar-refractivity contribution is 5.87. The second-order valence-corrected chi connectivity index (χ2v) is 25.2. The summed E-state index contributed by atoms with van der Waals surface area (Å²) in [5.74, 6) is -3.94. The predicted octanol–water partition coefficient (Wildman–Crippen LogP) is -0.684. The molecule has 8 rings (SSSR count). The molecule has 26 atom stereocenters. The van der Waals surface area contributed by atoms with Crippen LogP contribution in [-0.2, 0) is 52.3 Å². The van der Waals surface area contributed by atoms with Gasteiger partial charge < -0.3 is 99.2 Å². The molecule has 77 heavy (non-hydrogen) atoms. The van der Waals surface area contributed by atoms with E-state index in [1.54, 1.807) is 19.9 Å². The van der Waals surface area contributed by atoms with E-state index in [1.165, 1.54) is 6.92 Å². The minimum absolute atomic E-state index is 0.141. The summed E-state index contributed by atoms with van der Waals surface area (Å²) in [5.41, 5.74) is -4.51. The SMILES string of the molecule is CC=C(C)C(=O)OC1C(OC(C)=O)C2(CO)C(CC1(C)C)C1=CCC3C4(C)CCC(OC5OC(C(=O)O)C(O)C(OC6OC(CO)C(O)C6O)C5OC5OC(CO)C(O)C(O)C5O)C(C)(C)C4CCC3(C)C1(C)C(O)C2O. The van der Waals surface area contributed by atoms with Gasteiger partial charge in [0.15, 0.2) is 31.1 Å². The Hall–Kier alpha value is -2.79. The van der Waals surface area contributed by atoms with Crippen LogP contribution < -0.4 is 0 Å². The van der Waals surface area contributed by atoms with Crippen LogP contribution in [0.5, 0.6) is 0 Å². The standard InChI is InChI=1S/C54H84O23/c1-11-22(2)45(69)77-42-43(70-23(3)58)54(21-57)25(18-49(42,4)5)24-12-13-29-51(8)16-15-30(50(6,7)28(51)14-17-52(29,9)53(24,10)40(65)41(54)66)73-48-39(76-47-35(63)33(61)31(59)26(19-55)71-47)37(36(64)38(75-48)44(67)68)74-46-34(62)32(60)27(20-56)72-46/h11-12,25-43,46-48,55-57,59-66H,13-21H2,1-10H3,(H,67,68). The number of allylic oxidation sites excluding steroid dienone is 2. The molecule has 438 valence electrons. The molecule has 23 heteroatoms. The maximum absolute atomic E-state index is 13.4. The molecule has 3 heterocycles. The Bertz CT molecular complexity index is 2250. The van der Waals surface area contributed by atoms with Crippen molar-refractivity contribution in [3.8, 4) is 0 Å². The fourth-order valence-corrected chi connectivity index (χ4v) is 16.1. The second-order valence-electron chi connectivity index (χ2n) is 25.2. The third kappa shape index (κ3) is 9.35. The predicted molar refractivity (Wildman–Crippen MR) is 263 cm³/mol. The zero-order valence-corrected chi connectivity index (χ0v) is 45.6. The van der Waals surface area contributed by atoms with Gasteiger partial charge in [0.1, 0.15) is 67.1 Å². The van der Waals surface area contributed by atoms with Crippen molar-refractivity contribution in [3.05, 3.63) is 23.3 Å². The first-order valence-corrected chi connectivity index (χ1v) is 27.0. The van der Waals surface area contributed by atoms with Gasteiger partial charge in [0, 0.05) is 23.3 Å². The topological polar surface area (TPSA) is 368 Å². The third-order valence-electron chi connectivity index (χ3n) is 20.7. The van der Waals surface area contributed by atoms with E-state index >= 15 is 0 Å². The number of aliphatic hydroxyl groups is 11. The van der Waals surface area contributed by atoms with E-state index in [0.717, 1.165) is 5.57 Å². The van der Waals surface area contributed by atoms with Crippen molar-refractivity contribution in [1.82, 2.24) is 0 Å². The van der Waals surface area contributed by atoms with Gasteiger partial charge in [-0.1, -0.05) is 66.2 Å². The Balaban J connectivity index is 1.13. The lowest BCUT2D eigenvalue weighted by atomic mass is 9.32. The van der Waals surface area contributed by atoms with Crippen molar-refractivity contribution in [2.24, 2.45) is 50.2 Å². The van der Waals surface area contributed by atoms with E-state index in [2.05, 4.69) is 19.9 Å². The molecule has 0 bridgehead atoms. The maximum atomic E-state index is 13.4. The molecular formula is C54H84O23. The summed E-state index contributed by atoms with van der Waals surface area (Å²) in [5, 5.41) is 133. The van der Waals surface area contributed by atoms with Gasteiger partial charge in [-0.25, -0.2) is 9.59 Å². The number of carboxylic acids is 1. The normalized spacial score (nSPS) is 50.2. The second kappa shape index (κ2) is 21.5. The summed E-state index contributed by atoms with van der Waals surface area (Å²) in [6, 6.07) is 0. The van der Waals surface area contributed by atoms with E-state index in [4.69, 9.17) is 37.9 Å². The summed E-state index contributed by atoms with van der Waals surface area (Å²) in [4.78, 5) is 39.3. The van der Waals surface area contributed by atoms with Crippen LogP contribution in [0.15, 0.2) is 23.3 Å². The molecular weight excluding hydrogens is 1020 g/mol. The van der Waals surface area contributed by atoms with Crippen LogP contribution in [0.2, 0.25) is 0 Å². The van der Waals surface area contributed by atoms with Crippen molar-refractivity contribution in [1.29, 1.82) is 0 Å². The lowest BCUT2D eigenvalue weighted by Crippen LogP contribution is -2.76. The number of hydrogen-bond donors (Lipinski definition) is 12. The first kappa shape index (κ1) is 60.3. The molecule has 0 aromatic rings. The Labute approximate surface area is 448 Å². The molecule has 0 spiro atoms. The van der Waals surface area contributed by atoms with Crippen molar-refractivity contribution in [2.45, 2.75) is 224 Å². The van der Waals surface area contributed by atoms with E-state index < -0.39 is 193 Å². The molecule has 3 aliphatic heterocycles. The molecule has 3 saturated heterocycles. The van der Waals surface area contributed by atoms with Gasteiger partial charge in [-0.15, -0.1) is 0 Å². The molecule has 8 aliphatic rings. The number of aliphatic carboxylic acids is 1. The van der Waals surface area contributed by atoms with Gasteiger partial charge in [0.2, 0.25) is 0 Å². The average Bonchev–Trinajstić information content (AvgIpc) is 3.64. The molecule has 7 fully saturated rings. The molecule has 0 radical (unpaired) electrons. The molecule has 12 N–H and O–H groups in total. The van der Waals surface area contributed by atoms with E-state index in [1.807, 2.05) is 34.6 Å². The lowest BCUT2D eigenvalue weighted by molar-refractivity contribution is -0.386. The monoisotopic (exact) mass is 1100 g/mol. The number of hydrogen-bond acceptors (Lipinski definition) is 22. The molecule has 0 aromatic heterocycles. The Morgan fingerprint density at radius 3 is 1.82 bits per heavy atom. The number of carbonyl (C=O) groups excluding carboxylic acids is 2. The Morgan fingerprint density at radius 1 is 0.675 bits per heavy atom. The number of esters is 2. The Kier molecular flexibility index (Phi) is 16.8. The first-order valence-electron chi connectivity index (χ1n) is 27.0. The lowest BCUT2D eigenvalue weighted by Gasteiger charge is -2.73. The molecule has 0 amide bonds. The van der Waals surface area contributed by atoms with Crippen LogP contribution in [0.1, 0.15) is 108 Å². The molecule has 5 aliphatic carbocycles. The molecule has 4 saturated carbocycles. The van der Waals surface area contributed by atoms with E-state index in [9.17, 15) is 75.7 Å². The summed E-state index contributed by atoms with van der Waals surface area (Å²) < 4.78 is 48.6. The highest BCUT2D eigenvalue weighted by Crippen LogP contribution is 2.76. The smallest absolute Gasteiger partial charge is 0.335 e. The largest absolute Gasteiger partial charge is 0.479 e. The fourth-order valence-electron chi connectivity index (χ4n) is 16.1. The molecule has 23 nitrogen and oxygen atoms in total. The average molecular weight is 1100 g/mol. The number of carboxylic acid groups (broad SMARTS) is 1. The van der Waals surface area contributed by atoms with Crippen LogP contribution in [0, 0.1) is 50.2 Å². The van der Waals surface area contributed by atoms with Crippen molar-refractivity contribution >= 4 is 17.9 Å². The van der Waals surface area contributed by atoms with E-state index in [0.29, 0.717) is 44.1 Å². The van der Waals surface area contributed by atoms with Crippen LogP contribution >= 0.6 is 0 Å². The third-order valence-corrected chi connectivity index (χ3v) is 20.7. The van der Waals surface area contributed by atoms with Gasteiger partial charge in [0.25, 0.3) is 0 Å². The number of fused-ring (bicyclic) bond motifs is 7. The summed E-state index contributed by atoms with van der Waals surface area (Å²) >= 11 is 0. The highest BCUT2D eigenvalue weighted by atomic mass is 16.8. The minimum atomic E-state index is -2.12. The molecule has 0 aromatic carbocycles. The number of rotatable bonds is 13. The summed E-state index contributed by atoms with van der Waals surface area (Å²) in [6.07, 6.45) is -25.3. The first-order chi connectivity index (χ1) is 35.9. The summed E-state index contributed by atoms with van der Waals surface area (Å²) in [6.45, 7) is 16.3. The highest BCUT2D eigenvalue weighted by Gasteiger charge is 2.76. The van der Waals surface area contributed by atoms with Gasteiger partial charge in [0.05, 0.1) is 43.5 Å². The zero-order chi connectivity index (χ0) is 57.0. The maximum Gasteiger partial charge on any atom is 0.335 e. The van der Waals surface area contributed by atoms with Crippen LogP contribution in [0.25, 0.3) is 0 Å². The van der Waals surface area contributed by atoms with Gasteiger partial charge >= 0.3 is 17.9 Å². The van der Waals surface area contributed by atoms with Gasteiger partial charge in [-0.3, -0.25) is 4.79 Å². The van der Waals surface area contributed by atoms with Gasteiger partial charge in [-0.05, 0) is 86.4 Å².